The summed E-state index contributed by atoms with van der Waals surface area (Å²) in [6, 6.07) is 0. The van der Waals surface area contributed by atoms with Gasteiger partial charge < -0.3 is 5.73 Å². The molecular weight excluding hydrogens is 240 g/mol. The van der Waals surface area contributed by atoms with Crippen LogP contribution in [0, 0.1) is 11.3 Å². The maximum absolute atomic E-state index is 6.18. The minimum atomic E-state index is 0.336. The molecule has 0 atom stereocenters. The van der Waals surface area contributed by atoms with E-state index in [0.29, 0.717) is 11.0 Å². The van der Waals surface area contributed by atoms with Crippen molar-refractivity contribution in [2.75, 3.05) is 31.1 Å². The Morgan fingerprint density at radius 2 is 1.72 bits per heavy atom. The van der Waals surface area contributed by atoms with E-state index >= 15 is 0 Å². The fraction of sp³-hybridized carbons (Fsp3) is 1.00. The third-order valence-corrected chi connectivity index (χ3v) is 6.15. The van der Waals surface area contributed by atoms with Crippen LogP contribution in [0.25, 0.3) is 0 Å². The molecule has 2 aliphatic rings. The lowest BCUT2D eigenvalue weighted by Gasteiger charge is -2.50. The maximum Gasteiger partial charge on any atom is 0.0332 e. The summed E-state index contributed by atoms with van der Waals surface area (Å²) in [6.07, 6.45) is 5.36. The van der Waals surface area contributed by atoms with Crippen LogP contribution < -0.4 is 5.73 Å². The van der Waals surface area contributed by atoms with Gasteiger partial charge in [-0.3, -0.25) is 4.90 Å². The van der Waals surface area contributed by atoms with Crippen LogP contribution in [-0.4, -0.2) is 41.6 Å². The predicted octanol–water partition coefficient (Wildman–Crippen LogP) is 2.97. The molecule has 2 nitrogen and oxygen atoms in total. The minimum absolute atomic E-state index is 0.336. The first-order chi connectivity index (χ1) is 8.48. The summed E-state index contributed by atoms with van der Waals surface area (Å²) in [6.45, 7) is 10.5. The van der Waals surface area contributed by atoms with Crippen molar-refractivity contribution in [2.45, 2.75) is 52.0 Å². The number of hydrogen-bond donors (Lipinski definition) is 1. The van der Waals surface area contributed by atoms with Gasteiger partial charge in [0.05, 0.1) is 0 Å². The van der Waals surface area contributed by atoms with E-state index in [-0.39, 0.29) is 0 Å². The van der Waals surface area contributed by atoms with E-state index in [0.717, 1.165) is 12.5 Å². The second-order valence-corrected chi connectivity index (χ2v) is 8.39. The van der Waals surface area contributed by atoms with E-state index < -0.39 is 0 Å². The topological polar surface area (TPSA) is 29.3 Å². The molecule has 0 aromatic heterocycles. The molecule has 2 rings (SSSR count). The van der Waals surface area contributed by atoms with Gasteiger partial charge in [-0.2, -0.15) is 11.8 Å². The fourth-order valence-electron chi connectivity index (χ4n) is 3.71. The zero-order valence-corrected chi connectivity index (χ0v) is 13.2. The van der Waals surface area contributed by atoms with E-state index in [1.807, 2.05) is 0 Å². The summed E-state index contributed by atoms with van der Waals surface area (Å²) in [7, 11) is 0. The molecule has 0 unspecified atom stereocenters. The lowest BCUT2D eigenvalue weighted by Crippen LogP contribution is -2.58. The second-order valence-electron chi connectivity index (χ2n) is 7.17. The summed E-state index contributed by atoms with van der Waals surface area (Å²) in [5, 5.41) is 0. The quantitative estimate of drug-likeness (QED) is 0.836. The first-order valence-corrected chi connectivity index (χ1v) is 8.66. The number of hydrogen-bond acceptors (Lipinski definition) is 3. The van der Waals surface area contributed by atoms with Crippen LogP contribution >= 0.6 is 11.8 Å². The van der Waals surface area contributed by atoms with Crippen molar-refractivity contribution in [2.24, 2.45) is 17.1 Å². The molecule has 1 saturated heterocycles. The number of nitrogens with zero attached hydrogens (tertiary/aromatic N) is 1. The average Bonchev–Trinajstić information content (AvgIpc) is 2.39. The third-order valence-electron chi connectivity index (χ3n) is 5.20. The standard InChI is InChI=1S/C15H30N2S/c1-14(2,3)13-4-6-15(12-16,7-5-13)17-8-10-18-11-9-17/h13H,4-12,16H2,1-3H3. The van der Waals surface area contributed by atoms with Crippen LogP contribution in [0.15, 0.2) is 0 Å². The summed E-state index contributed by atoms with van der Waals surface area (Å²) in [5.41, 5.74) is 6.98. The SMILES string of the molecule is CC(C)(C)C1CCC(CN)(N2CCSCC2)CC1. The zero-order chi connectivity index (χ0) is 13.2. The number of nitrogens with two attached hydrogens (primary N) is 1. The van der Waals surface area contributed by atoms with Gasteiger partial charge in [0.25, 0.3) is 0 Å². The highest BCUT2D eigenvalue weighted by Crippen LogP contribution is 2.43. The van der Waals surface area contributed by atoms with Gasteiger partial charge in [-0.05, 0) is 37.0 Å². The molecule has 1 aliphatic carbocycles. The molecule has 0 aromatic rings. The molecule has 1 saturated carbocycles. The largest absolute Gasteiger partial charge is 0.329 e. The Hall–Kier alpha value is 0.270. The van der Waals surface area contributed by atoms with Gasteiger partial charge in [0, 0.05) is 36.7 Å². The van der Waals surface area contributed by atoms with Crippen molar-refractivity contribution in [1.82, 2.24) is 4.90 Å². The highest BCUT2D eigenvalue weighted by atomic mass is 32.2. The molecule has 2 N–H and O–H groups in total. The van der Waals surface area contributed by atoms with Gasteiger partial charge >= 0.3 is 0 Å². The van der Waals surface area contributed by atoms with Crippen molar-refractivity contribution in [3.05, 3.63) is 0 Å². The van der Waals surface area contributed by atoms with E-state index in [2.05, 4.69) is 37.4 Å². The van der Waals surface area contributed by atoms with Crippen molar-refractivity contribution in [3.8, 4) is 0 Å². The Morgan fingerprint density at radius 3 is 2.17 bits per heavy atom. The summed E-state index contributed by atoms with van der Waals surface area (Å²) in [4.78, 5) is 2.71. The molecule has 0 bridgehead atoms. The molecule has 18 heavy (non-hydrogen) atoms. The van der Waals surface area contributed by atoms with Gasteiger partial charge in [-0.1, -0.05) is 20.8 Å². The van der Waals surface area contributed by atoms with E-state index in [1.54, 1.807) is 0 Å². The summed E-state index contributed by atoms with van der Waals surface area (Å²) in [5.74, 6) is 3.48. The van der Waals surface area contributed by atoms with Gasteiger partial charge in [0.15, 0.2) is 0 Å². The van der Waals surface area contributed by atoms with Crippen molar-refractivity contribution >= 4 is 11.8 Å². The molecule has 1 heterocycles. The van der Waals surface area contributed by atoms with Gasteiger partial charge in [0.2, 0.25) is 0 Å². The molecule has 0 radical (unpaired) electrons. The highest BCUT2D eigenvalue weighted by Gasteiger charge is 2.41. The van der Waals surface area contributed by atoms with Gasteiger partial charge in [-0.15, -0.1) is 0 Å². The predicted molar refractivity (Wildman–Crippen MR) is 82.1 cm³/mol. The van der Waals surface area contributed by atoms with E-state index in [9.17, 15) is 0 Å². The molecule has 0 spiro atoms. The first kappa shape index (κ1) is 14.7. The molecule has 1 aliphatic heterocycles. The number of thioether (sulfide) groups is 1. The second kappa shape index (κ2) is 5.72. The smallest absolute Gasteiger partial charge is 0.0332 e. The molecular formula is C15H30N2S. The van der Waals surface area contributed by atoms with Gasteiger partial charge in [0.1, 0.15) is 0 Å². The van der Waals surface area contributed by atoms with Crippen LogP contribution in [0.3, 0.4) is 0 Å². The Balaban J connectivity index is 1.99. The molecule has 3 heteroatoms. The molecule has 2 fully saturated rings. The Labute approximate surface area is 117 Å². The van der Waals surface area contributed by atoms with Gasteiger partial charge in [-0.25, -0.2) is 0 Å². The molecule has 106 valence electrons. The fourth-order valence-corrected chi connectivity index (χ4v) is 4.61. The van der Waals surface area contributed by atoms with E-state index in [4.69, 9.17) is 5.73 Å². The highest BCUT2D eigenvalue weighted by molar-refractivity contribution is 7.99. The van der Waals surface area contributed by atoms with Crippen molar-refractivity contribution in [1.29, 1.82) is 0 Å². The molecule has 0 amide bonds. The normalized spacial score (nSPS) is 35.7. The van der Waals surface area contributed by atoms with Crippen LogP contribution in [0.4, 0.5) is 0 Å². The Kier molecular flexibility index (Phi) is 4.66. The summed E-state index contributed by atoms with van der Waals surface area (Å²) >= 11 is 2.09. The molecule has 0 aromatic carbocycles. The monoisotopic (exact) mass is 270 g/mol. The van der Waals surface area contributed by atoms with Crippen LogP contribution in [0.5, 0.6) is 0 Å². The van der Waals surface area contributed by atoms with Crippen molar-refractivity contribution in [3.63, 3.8) is 0 Å². The summed E-state index contributed by atoms with van der Waals surface area (Å²) < 4.78 is 0. The number of rotatable bonds is 2. The third kappa shape index (κ3) is 3.05. The van der Waals surface area contributed by atoms with E-state index in [1.165, 1.54) is 50.3 Å². The maximum atomic E-state index is 6.18. The zero-order valence-electron chi connectivity index (χ0n) is 12.4. The Morgan fingerprint density at radius 1 is 1.17 bits per heavy atom. The minimum Gasteiger partial charge on any atom is -0.329 e. The lowest BCUT2D eigenvalue weighted by atomic mass is 9.67. The van der Waals surface area contributed by atoms with Crippen LogP contribution in [0.1, 0.15) is 46.5 Å². The Bertz CT molecular complexity index is 258. The van der Waals surface area contributed by atoms with Crippen LogP contribution in [0.2, 0.25) is 0 Å². The average molecular weight is 270 g/mol. The lowest BCUT2D eigenvalue weighted by molar-refractivity contribution is 0.0275. The van der Waals surface area contributed by atoms with Crippen LogP contribution in [-0.2, 0) is 0 Å². The first-order valence-electron chi connectivity index (χ1n) is 7.51. The van der Waals surface area contributed by atoms with Crippen molar-refractivity contribution < 1.29 is 0 Å².